The number of ether oxygens (including phenoxy) is 3. The molecule has 0 aliphatic carbocycles. The van der Waals surface area contributed by atoms with E-state index in [9.17, 15) is 14.4 Å². The summed E-state index contributed by atoms with van der Waals surface area (Å²) in [4.78, 5) is 38.3. The number of unbranched alkanes of at least 4 members (excludes halogenated alkanes) is 37. The van der Waals surface area contributed by atoms with Gasteiger partial charge in [0.2, 0.25) is 0 Å². The van der Waals surface area contributed by atoms with Crippen LogP contribution in [0.5, 0.6) is 0 Å². The summed E-state index contributed by atoms with van der Waals surface area (Å²) < 4.78 is 16.9. The van der Waals surface area contributed by atoms with Crippen molar-refractivity contribution in [2.75, 3.05) is 13.2 Å². The fourth-order valence-electron chi connectivity index (χ4n) is 9.15. The normalized spacial score (nSPS) is 12.4. The van der Waals surface area contributed by atoms with Gasteiger partial charge < -0.3 is 14.2 Å². The quantitative estimate of drug-likeness (QED) is 0.0261. The Morgan fingerprint density at radius 2 is 0.493 bits per heavy atom. The van der Waals surface area contributed by atoms with Gasteiger partial charge in [-0.15, -0.1) is 0 Å². The predicted molar refractivity (Wildman–Crippen MR) is 316 cm³/mol. The molecule has 0 aromatic rings. The highest BCUT2D eigenvalue weighted by Crippen LogP contribution is 2.16. The topological polar surface area (TPSA) is 78.9 Å². The molecule has 0 N–H and O–H groups in total. The Kier molecular flexibility index (Phi) is 59.2. The highest BCUT2D eigenvalue weighted by Gasteiger charge is 2.19. The van der Waals surface area contributed by atoms with Crippen LogP contribution in [0.1, 0.15) is 329 Å². The second-order valence-corrected chi connectivity index (χ2v) is 21.3. The van der Waals surface area contributed by atoms with Crippen LogP contribution < -0.4 is 0 Å². The molecule has 0 aliphatic heterocycles. The monoisotopic (exact) mass is 1020 g/mol. The van der Waals surface area contributed by atoms with Gasteiger partial charge in [0.15, 0.2) is 6.10 Å². The molecule has 0 bridgehead atoms. The van der Waals surface area contributed by atoms with Gasteiger partial charge in [0.25, 0.3) is 0 Å². The van der Waals surface area contributed by atoms with Crippen LogP contribution in [0.4, 0.5) is 0 Å². The van der Waals surface area contributed by atoms with E-state index < -0.39 is 6.10 Å². The average Bonchev–Trinajstić information content (AvgIpc) is 3.39. The fraction of sp³-hybridized carbons (Fsp3) is 0.806. The largest absolute Gasteiger partial charge is 0.462 e. The Labute approximate surface area is 453 Å². The summed E-state index contributed by atoms with van der Waals surface area (Å²) in [5.41, 5.74) is 0. The van der Waals surface area contributed by atoms with Gasteiger partial charge in [-0.1, -0.05) is 261 Å². The molecule has 0 spiro atoms. The summed E-state index contributed by atoms with van der Waals surface area (Å²) in [6.07, 6.45) is 77.9. The third-order valence-electron chi connectivity index (χ3n) is 14.0. The Balaban J connectivity index is 4.28. The predicted octanol–water partition coefficient (Wildman–Crippen LogP) is 21.6. The third-order valence-corrected chi connectivity index (χ3v) is 14.0. The van der Waals surface area contributed by atoms with Crippen molar-refractivity contribution in [1.29, 1.82) is 0 Å². The van der Waals surface area contributed by atoms with Crippen LogP contribution in [-0.4, -0.2) is 37.2 Å². The van der Waals surface area contributed by atoms with Crippen molar-refractivity contribution >= 4 is 17.9 Å². The number of hydrogen-bond donors (Lipinski definition) is 0. The molecule has 0 rings (SSSR count). The molecular weight excluding hydrogens is 901 g/mol. The van der Waals surface area contributed by atoms with Crippen LogP contribution in [0, 0.1) is 0 Å². The summed E-state index contributed by atoms with van der Waals surface area (Å²) in [5.74, 6) is -0.881. The number of carbonyl (C=O) groups excluding carboxylic acids is 3. The van der Waals surface area contributed by atoms with Crippen LogP contribution in [0.3, 0.4) is 0 Å². The highest BCUT2D eigenvalue weighted by atomic mass is 16.6. The van der Waals surface area contributed by atoms with E-state index in [1.807, 2.05) is 0 Å². The molecule has 0 radical (unpaired) electrons. The van der Waals surface area contributed by atoms with Gasteiger partial charge >= 0.3 is 17.9 Å². The number of carbonyl (C=O) groups is 3. The lowest BCUT2D eigenvalue weighted by molar-refractivity contribution is -0.167. The number of esters is 3. The maximum Gasteiger partial charge on any atom is 0.306 e. The molecule has 0 aliphatic rings. The number of rotatable bonds is 58. The van der Waals surface area contributed by atoms with Gasteiger partial charge in [-0.05, 0) is 109 Å². The van der Waals surface area contributed by atoms with Crippen molar-refractivity contribution in [2.24, 2.45) is 0 Å². The minimum atomic E-state index is -0.782. The minimum absolute atomic E-state index is 0.0786. The van der Waals surface area contributed by atoms with Gasteiger partial charge in [0.1, 0.15) is 13.2 Å². The molecule has 0 aromatic carbocycles. The smallest absolute Gasteiger partial charge is 0.306 e. The van der Waals surface area contributed by atoms with E-state index in [0.29, 0.717) is 19.3 Å². The van der Waals surface area contributed by atoms with Gasteiger partial charge in [0, 0.05) is 19.3 Å². The van der Waals surface area contributed by atoms with Crippen molar-refractivity contribution in [3.8, 4) is 0 Å². The molecule has 0 amide bonds. The molecule has 73 heavy (non-hydrogen) atoms. The lowest BCUT2D eigenvalue weighted by atomic mass is 10.0. The lowest BCUT2D eigenvalue weighted by Crippen LogP contribution is -2.30. The van der Waals surface area contributed by atoms with Crippen molar-refractivity contribution < 1.29 is 28.6 Å². The van der Waals surface area contributed by atoms with E-state index in [0.717, 1.165) is 83.5 Å². The second-order valence-electron chi connectivity index (χ2n) is 21.3. The van der Waals surface area contributed by atoms with Crippen molar-refractivity contribution in [1.82, 2.24) is 0 Å². The number of allylic oxidation sites excluding steroid dienone is 10. The van der Waals surface area contributed by atoms with Gasteiger partial charge in [0.05, 0.1) is 0 Å². The van der Waals surface area contributed by atoms with Crippen LogP contribution in [0.15, 0.2) is 60.8 Å². The zero-order valence-corrected chi connectivity index (χ0v) is 48.7. The van der Waals surface area contributed by atoms with E-state index in [2.05, 4.69) is 81.5 Å². The SMILES string of the molecule is CCCCC/C=C\C/C=C\CCCCCCCCCC(=O)OC(COC(=O)CCCCCCC/C=C\CCCCCC)COC(=O)CCCCCCCCCCCCCCC/C=C\C/C=C\CCCCCCC. The first-order chi connectivity index (χ1) is 36.0. The average molecular weight is 1020 g/mol. The van der Waals surface area contributed by atoms with Crippen LogP contribution in [0.25, 0.3) is 0 Å². The summed E-state index contributed by atoms with van der Waals surface area (Å²) in [7, 11) is 0. The van der Waals surface area contributed by atoms with E-state index in [1.165, 1.54) is 205 Å². The van der Waals surface area contributed by atoms with E-state index >= 15 is 0 Å². The maximum absolute atomic E-state index is 12.9. The lowest BCUT2D eigenvalue weighted by Gasteiger charge is -2.18. The molecule has 0 aromatic heterocycles. The zero-order valence-electron chi connectivity index (χ0n) is 48.7. The summed E-state index contributed by atoms with van der Waals surface area (Å²) >= 11 is 0. The Hall–Kier alpha value is -2.89. The molecule has 0 saturated heterocycles. The Morgan fingerprint density at radius 1 is 0.274 bits per heavy atom. The summed E-state index contributed by atoms with van der Waals surface area (Å²) in [5, 5.41) is 0. The summed E-state index contributed by atoms with van der Waals surface area (Å²) in [6, 6.07) is 0. The molecule has 1 atom stereocenters. The standard InChI is InChI=1S/C67H120O6/c1-4-7-10-13-16-19-22-25-27-29-30-31-32-33-34-35-36-38-39-42-45-48-51-54-57-60-66(69)72-63-64(62-71-65(68)59-56-53-50-47-44-41-24-21-18-15-12-9-6-3)73-67(70)61-58-55-52-49-46-43-40-37-28-26-23-20-17-14-11-8-5-2/h17,20-22,24-26,28-30,64H,4-16,18-19,23,27,31-63H2,1-3H3/b20-17-,24-21-,25-22-,28-26-,30-29-. The second kappa shape index (κ2) is 61.7. The van der Waals surface area contributed by atoms with Gasteiger partial charge in [-0.2, -0.15) is 0 Å². The van der Waals surface area contributed by atoms with Crippen molar-refractivity contribution in [3.63, 3.8) is 0 Å². The summed E-state index contributed by atoms with van der Waals surface area (Å²) in [6.45, 7) is 6.61. The van der Waals surface area contributed by atoms with Crippen LogP contribution in [-0.2, 0) is 28.6 Å². The molecule has 0 heterocycles. The Bertz CT molecular complexity index is 1310. The molecule has 424 valence electrons. The molecule has 1 unspecified atom stereocenters. The van der Waals surface area contributed by atoms with E-state index in [4.69, 9.17) is 14.2 Å². The van der Waals surface area contributed by atoms with Crippen molar-refractivity contribution in [3.05, 3.63) is 60.8 Å². The zero-order chi connectivity index (χ0) is 52.9. The van der Waals surface area contributed by atoms with Gasteiger partial charge in [-0.3, -0.25) is 14.4 Å². The minimum Gasteiger partial charge on any atom is -0.462 e. The first-order valence-electron chi connectivity index (χ1n) is 31.8. The van der Waals surface area contributed by atoms with Gasteiger partial charge in [-0.25, -0.2) is 0 Å². The fourth-order valence-corrected chi connectivity index (χ4v) is 9.15. The van der Waals surface area contributed by atoms with Crippen LogP contribution in [0.2, 0.25) is 0 Å². The molecule has 0 saturated carbocycles. The van der Waals surface area contributed by atoms with E-state index in [1.54, 1.807) is 0 Å². The molecule has 6 heteroatoms. The first kappa shape index (κ1) is 70.1. The Morgan fingerprint density at radius 3 is 0.808 bits per heavy atom. The van der Waals surface area contributed by atoms with E-state index in [-0.39, 0.29) is 31.1 Å². The molecular formula is C67H120O6. The highest BCUT2D eigenvalue weighted by molar-refractivity contribution is 5.71. The van der Waals surface area contributed by atoms with Crippen molar-refractivity contribution in [2.45, 2.75) is 335 Å². The third kappa shape index (κ3) is 59.9. The first-order valence-corrected chi connectivity index (χ1v) is 31.8. The molecule has 0 fully saturated rings. The molecule has 6 nitrogen and oxygen atoms in total. The van der Waals surface area contributed by atoms with Crippen LogP contribution >= 0.6 is 0 Å². The maximum atomic E-state index is 12.9. The number of hydrogen-bond acceptors (Lipinski definition) is 6.